The zero-order valence-electron chi connectivity index (χ0n) is 16.1. The van der Waals surface area contributed by atoms with Crippen molar-refractivity contribution in [3.05, 3.63) is 65.9 Å². The number of aromatic nitrogens is 5. The molecule has 30 heavy (non-hydrogen) atoms. The van der Waals surface area contributed by atoms with Crippen molar-refractivity contribution in [1.82, 2.24) is 24.3 Å². The summed E-state index contributed by atoms with van der Waals surface area (Å²) < 4.78 is 42.6. The Morgan fingerprint density at radius 2 is 1.90 bits per heavy atom. The van der Waals surface area contributed by atoms with Gasteiger partial charge in [-0.05, 0) is 44.2 Å². The predicted molar refractivity (Wildman–Crippen MR) is 104 cm³/mol. The number of hydrogen-bond donors (Lipinski definition) is 1. The Balaban J connectivity index is 1.55. The first-order valence-electron chi connectivity index (χ1n) is 9.04. The van der Waals surface area contributed by atoms with E-state index in [0.29, 0.717) is 11.5 Å². The number of nitrogens with zero attached hydrogens (tertiary/aromatic N) is 5. The first-order chi connectivity index (χ1) is 14.2. The number of aryl methyl sites for hydroxylation is 2. The van der Waals surface area contributed by atoms with Crippen LogP contribution in [0.25, 0.3) is 16.9 Å². The fourth-order valence-electron chi connectivity index (χ4n) is 3.24. The van der Waals surface area contributed by atoms with Gasteiger partial charge in [0.1, 0.15) is 6.54 Å². The third-order valence-electron chi connectivity index (χ3n) is 4.47. The number of hydrogen-bond acceptors (Lipinski definition) is 4. The van der Waals surface area contributed by atoms with Crippen LogP contribution in [0.15, 0.2) is 48.7 Å². The molecule has 154 valence electrons. The van der Waals surface area contributed by atoms with Crippen molar-refractivity contribution >= 4 is 22.6 Å². The molecule has 1 aromatic carbocycles. The molecule has 0 unspecified atom stereocenters. The summed E-state index contributed by atoms with van der Waals surface area (Å²) in [7, 11) is 0. The number of carbonyl (C=O) groups excluding carboxylic acids is 1. The van der Waals surface area contributed by atoms with Gasteiger partial charge in [-0.2, -0.15) is 18.3 Å². The van der Waals surface area contributed by atoms with Crippen molar-refractivity contribution in [2.45, 2.75) is 26.6 Å². The van der Waals surface area contributed by atoms with E-state index in [1.54, 1.807) is 28.9 Å². The summed E-state index contributed by atoms with van der Waals surface area (Å²) in [6.07, 6.45) is -3.25. The Labute approximate surface area is 169 Å². The van der Waals surface area contributed by atoms with Gasteiger partial charge >= 0.3 is 6.18 Å². The Morgan fingerprint density at radius 3 is 2.53 bits per heavy atom. The SMILES string of the molecule is Cc1cc(C)n(-c2ccc(NC(=O)Cn3c(C(F)(F)F)nc4ccccc43)cn2)n1. The average molecular weight is 414 g/mol. The van der Waals surface area contributed by atoms with Crippen LogP contribution in [0.2, 0.25) is 0 Å². The lowest BCUT2D eigenvalue weighted by Gasteiger charge is -2.12. The number of halogens is 3. The van der Waals surface area contributed by atoms with Gasteiger partial charge < -0.3 is 9.88 Å². The lowest BCUT2D eigenvalue weighted by Crippen LogP contribution is -2.23. The second kappa shape index (κ2) is 7.29. The highest BCUT2D eigenvalue weighted by molar-refractivity contribution is 5.91. The second-order valence-corrected chi connectivity index (χ2v) is 6.80. The predicted octanol–water partition coefficient (Wildman–Crippen LogP) is 3.89. The molecular formula is C20H17F3N6O. The molecule has 0 radical (unpaired) electrons. The molecule has 0 saturated carbocycles. The highest BCUT2D eigenvalue weighted by Gasteiger charge is 2.38. The minimum absolute atomic E-state index is 0.175. The first-order valence-corrected chi connectivity index (χ1v) is 9.04. The number of nitrogens with one attached hydrogen (secondary N) is 1. The van der Waals surface area contributed by atoms with Crippen LogP contribution in [0.5, 0.6) is 0 Å². The van der Waals surface area contributed by atoms with E-state index in [0.717, 1.165) is 16.0 Å². The molecule has 10 heteroatoms. The molecule has 0 atom stereocenters. The van der Waals surface area contributed by atoms with Crippen molar-refractivity contribution in [1.29, 1.82) is 0 Å². The molecule has 7 nitrogen and oxygen atoms in total. The van der Waals surface area contributed by atoms with Gasteiger partial charge in [0, 0.05) is 5.69 Å². The van der Waals surface area contributed by atoms with E-state index in [2.05, 4.69) is 20.4 Å². The number of pyridine rings is 1. The Morgan fingerprint density at radius 1 is 1.13 bits per heavy atom. The van der Waals surface area contributed by atoms with Crippen LogP contribution < -0.4 is 5.32 Å². The number of benzene rings is 1. The third kappa shape index (κ3) is 3.76. The summed E-state index contributed by atoms with van der Waals surface area (Å²) in [5.74, 6) is -1.17. The maximum Gasteiger partial charge on any atom is 0.449 e. The first kappa shape index (κ1) is 19.6. The van der Waals surface area contributed by atoms with E-state index in [-0.39, 0.29) is 11.0 Å². The Kier molecular flexibility index (Phi) is 4.76. The average Bonchev–Trinajstić information content (AvgIpc) is 3.22. The van der Waals surface area contributed by atoms with Gasteiger partial charge in [-0.3, -0.25) is 4.79 Å². The summed E-state index contributed by atoms with van der Waals surface area (Å²) in [6.45, 7) is 3.23. The lowest BCUT2D eigenvalue weighted by molar-refractivity contribution is -0.147. The number of para-hydroxylation sites is 2. The summed E-state index contributed by atoms with van der Waals surface area (Å²) >= 11 is 0. The third-order valence-corrected chi connectivity index (χ3v) is 4.47. The fourth-order valence-corrected chi connectivity index (χ4v) is 3.24. The topological polar surface area (TPSA) is 77.6 Å². The zero-order chi connectivity index (χ0) is 21.5. The van der Waals surface area contributed by atoms with Crippen LogP contribution in [0.1, 0.15) is 17.2 Å². The van der Waals surface area contributed by atoms with Gasteiger partial charge in [0.05, 0.1) is 28.6 Å². The number of rotatable bonds is 4. The molecule has 0 aliphatic rings. The molecule has 4 aromatic rings. The van der Waals surface area contributed by atoms with Crippen LogP contribution in [-0.2, 0) is 17.5 Å². The van der Waals surface area contributed by atoms with E-state index < -0.39 is 24.5 Å². The Hall–Kier alpha value is -3.69. The van der Waals surface area contributed by atoms with Crippen molar-refractivity contribution < 1.29 is 18.0 Å². The van der Waals surface area contributed by atoms with Gasteiger partial charge in [0.25, 0.3) is 0 Å². The molecule has 1 amide bonds. The van der Waals surface area contributed by atoms with Crippen LogP contribution >= 0.6 is 0 Å². The molecule has 0 aliphatic carbocycles. The van der Waals surface area contributed by atoms with E-state index >= 15 is 0 Å². The molecule has 0 saturated heterocycles. The minimum atomic E-state index is -4.68. The summed E-state index contributed by atoms with van der Waals surface area (Å²) in [5, 5.41) is 6.91. The van der Waals surface area contributed by atoms with Gasteiger partial charge in [-0.15, -0.1) is 0 Å². The second-order valence-electron chi connectivity index (χ2n) is 6.80. The summed E-state index contributed by atoms with van der Waals surface area (Å²) in [4.78, 5) is 20.3. The molecule has 4 rings (SSSR count). The molecule has 0 spiro atoms. The molecule has 0 bridgehead atoms. The van der Waals surface area contributed by atoms with E-state index in [1.165, 1.54) is 18.3 Å². The molecule has 0 fully saturated rings. The maximum absolute atomic E-state index is 13.4. The van der Waals surface area contributed by atoms with Gasteiger partial charge in [0.2, 0.25) is 11.7 Å². The largest absolute Gasteiger partial charge is 0.449 e. The van der Waals surface area contributed by atoms with Crippen LogP contribution in [0.4, 0.5) is 18.9 Å². The fraction of sp³-hybridized carbons (Fsp3) is 0.200. The van der Waals surface area contributed by atoms with Crippen LogP contribution in [0, 0.1) is 13.8 Å². The number of amides is 1. The van der Waals surface area contributed by atoms with Crippen LogP contribution in [-0.4, -0.2) is 30.2 Å². The number of fused-ring (bicyclic) bond motifs is 1. The number of anilines is 1. The Bertz CT molecular complexity index is 1220. The van der Waals surface area contributed by atoms with Crippen molar-refractivity contribution in [2.75, 3.05) is 5.32 Å². The molecule has 0 aliphatic heterocycles. The number of imidazole rings is 1. The normalized spacial score (nSPS) is 11.8. The van der Waals surface area contributed by atoms with Gasteiger partial charge in [0.15, 0.2) is 5.82 Å². The molecule has 1 N–H and O–H groups in total. The molecular weight excluding hydrogens is 397 g/mol. The monoisotopic (exact) mass is 414 g/mol. The standard InChI is InChI=1S/C20H17F3N6O/c1-12-9-13(2)29(27-12)17-8-7-14(10-24-17)25-18(30)11-28-16-6-4-3-5-15(16)26-19(28)20(21,22)23/h3-10H,11H2,1-2H3,(H,25,30). The van der Waals surface area contributed by atoms with E-state index in [1.807, 2.05) is 19.9 Å². The smallest absolute Gasteiger partial charge is 0.323 e. The van der Waals surface area contributed by atoms with Gasteiger partial charge in [-0.25, -0.2) is 14.6 Å². The number of carbonyl (C=O) groups is 1. The van der Waals surface area contributed by atoms with Crippen LogP contribution in [0.3, 0.4) is 0 Å². The van der Waals surface area contributed by atoms with Gasteiger partial charge in [-0.1, -0.05) is 12.1 Å². The van der Waals surface area contributed by atoms with Crippen molar-refractivity contribution in [3.8, 4) is 5.82 Å². The highest BCUT2D eigenvalue weighted by Crippen LogP contribution is 2.31. The minimum Gasteiger partial charge on any atom is -0.323 e. The number of alkyl halides is 3. The summed E-state index contributed by atoms with van der Waals surface area (Å²) in [5.41, 5.74) is 2.53. The molecule has 3 aromatic heterocycles. The quantitative estimate of drug-likeness (QED) is 0.550. The maximum atomic E-state index is 13.4. The van der Waals surface area contributed by atoms with Crippen molar-refractivity contribution in [3.63, 3.8) is 0 Å². The zero-order valence-corrected chi connectivity index (χ0v) is 16.1. The van der Waals surface area contributed by atoms with E-state index in [9.17, 15) is 18.0 Å². The van der Waals surface area contributed by atoms with E-state index in [4.69, 9.17) is 0 Å². The highest BCUT2D eigenvalue weighted by atomic mass is 19.4. The van der Waals surface area contributed by atoms with Crippen molar-refractivity contribution in [2.24, 2.45) is 0 Å². The molecule has 3 heterocycles. The lowest BCUT2D eigenvalue weighted by atomic mass is 10.3. The summed E-state index contributed by atoms with van der Waals surface area (Å²) in [6, 6.07) is 11.4.